The maximum Gasteiger partial charge on any atom is 0.287 e. The van der Waals surface area contributed by atoms with Gasteiger partial charge in [-0.2, -0.15) is 0 Å². The number of halogens is 1. The summed E-state index contributed by atoms with van der Waals surface area (Å²) in [6, 6.07) is 8.79. The Balaban J connectivity index is 1.64. The Morgan fingerprint density at radius 3 is 2.62 bits per heavy atom. The van der Waals surface area contributed by atoms with Gasteiger partial charge < -0.3 is 14.2 Å². The van der Waals surface area contributed by atoms with E-state index in [-0.39, 0.29) is 18.2 Å². The highest BCUT2D eigenvalue weighted by atomic mass is 35.5. The van der Waals surface area contributed by atoms with E-state index in [0.29, 0.717) is 16.8 Å². The number of hydrogen-bond acceptors (Lipinski definition) is 5. The molecule has 2 heterocycles. The topological polar surface area (TPSA) is 81.2 Å². The summed E-state index contributed by atoms with van der Waals surface area (Å²) in [6.07, 6.45) is 0.743. The number of aromatic nitrogens is 2. The third kappa shape index (κ3) is 3.49. The first-order chi connectivity index (χ1) is 11.6. The Bertz CT molecular complexity index is 852. The molecule has 0 spiro atoms. The first-order valence-electron chi connectivity index (χ1n) is 7.52. The van der Waals surface area contributed by atoms with Gasteiger partial charge in [0.05, 0.1) is 6.54 Å². The summed E-state index contributed by atoms with van der Waals surface area (Å²) in [4.78, 5) is 12.1. The van der Waals surface area contributed by atoms with E-state index in [0.717, 1.165) is 23.3 Å². The Hall–Kier alpha value is -2.60. The number of rotatable bonds is 5. The van der Waals surface area contributed by atoms with Gasteiger partial charge in [-0.1, -0.05) is 18.5 Å². The molecule has 0 radical (unpaired) electrons. The van der Waals surface area contributed by atoms with Crippen molar-refractivity contribution in [1.29, 1.82) is 0 Å². The van der Waals surface area contributed by atoms with Crippen molar-refractivity contribution in [2.24, 2.45) is 0 Å². The summed E-state index contributed by atoms with van der Waals surface area (Å²) < 4.78 is 11.0. The van der Waals surface area contributed by atoms with Crippen LogP contribution in [0.5, 0.6) is 0 Å². The zero-order valence-electron chi connectivity index (χ0n) is 13.3. The smallest absolute Gasteiger partial charge is 0.287 e. The molecule has 124 valence electrons. The number of nitrogens with zero attached hydrogens (tertiary/aromatic N) is 2. The molecule has 0 saturated heterocycles. The summed E-state index contributed by atoms with van der Waals surface area (Å²) in [5.74, 6) is 1.46. The minimum atomic E-state index is -0.316. The average molecular weight is 346 g/mol. The molecule has 0 bridgehead atoms. The van der Waals surface area contributed by atoms with Gasteiger partial charge in [-0.3, -0.25) is 4.79 Å². The van der Waals surface area contributed by atoms with Crippen LogP contribution in [0.3, 0.4) is 0 Å². The second-order valence-corrected chi connectivity index (χ2v) is 5.70. The van der Waals surface area contributed by atoms with Gasteiger partial charge in [0.25, 0.3) is 5.91 Å². The van der Waals surface area contributed by atoms with Crippen LogP contribution in [0, 0.1) is 6.92 Å². The van der Waals surface area contributed by atoms with E-state index in [1.807, 2.05) is 13.8 Å². The van der Waals surface area contributed by atoms with Crippen molar-refractivity contribution in [3.05, 3.63) is 58.3 Å². The van der Waals surface area contributed by atoms with E-state index in [9.17, 15) is 4.79 Å². The van der Waals surface area contributed by atoms with E-state index in [1.165, 1.54) is 0 Å². The molecule has 1 amide bonds. The van der Waals surface area contributed by atoms with Crippen LogP contribution in [-0.4, -0.2) is 16.1 Å². The third-order valence-corrected chi connectivity index (χ3v) is 3.78. The molecule has 0 fully saturated rings. The fraction of sp³-hybridized carbons (Fsp3) is 0.235. The van der Waals surface area contributed by atoms with Crippen molar-refractivity contribution in [2.75, 3.05) is 0 Å². The largest absolute Gasteiger partial charge is 0.456 e. The number of nitrogens with one attached hydrogen (secondary N) is 1. The van der Waals surface area contributed by atoms with Crippen LogP contribution in [0.4, 0.5) is 0 Å². The van der Waals surface area contributed by atoms with Crippen molar-refractivity contribution in [3.63, 3.8) is 0 Å². The van der Waals surface area contributed by atoms with Crippen LogP contribution in [0.15, 0.2) is 39.2 Å². The highest BCUT2D eigenvalue weighted by Crippen LogP contribution is 2.20. The number of amides is 1. The van der Waals surface area contributed by atoms with Crippen molar-refractivity contribution in [3.8, 4) is 11.5 Å². The molecule has 0 aliphatic heterocycles. The molecule has 7 heteroatoms. The molecule has 1 N–H and O–H groups in total. The molecule has 24 heavy (non-hydrogen) atoms. The van der Waals surface area contributed by atoms with E-state index in [4.69, 9.17) is 20.4 Å². The lowest BCUT2D eigenvalue weighted by Crippen LogP contribution is -2.22. The van der Waals surface area contributed by atoms with Crippen molar-refractivity contribution in [2.45, 2.75) is 26.8 Å². The number of benzene rings is 1. The molecule has 3 rings (SSSR count). The predicted molar refractivity (Wildman–Crippen MR) is 88.7 cm³/mol. The van der Waals surface area contributed by atoms with Crippen molar-refractivity contribution < 1.29 is 13.6 Å². The number of furan rings is 1. The first kappa shape index (κ1) is 16.3. The number of aryl methyl sites for hydroxylation is 2. The van der Waals surface area contributed by atoms with Crippen LogP contribution in [0.1, 0.15) is 34.7 Å². The first-order valence-corrected chi connectivity index (χ1v) is 7.90. The maximum atomic E-state index is 12.1. The van der Waals surface area contributed by atoms with E-state index in [2.05, 4.69) is 15.5 Å². The zero-order valence-corrected chi connectivity index (χ0v) is 14.1. The van der Waals surface area contributed by atoms with Gasteiger partial charge in [0, 0.05) is 17.0 Å². The van der Waals surface area contributed by atoms with Crippen molar-refractivity contribution in [1.82, 2.24) is 15.5 Å². The maximum absolute atomic E-state index is 12.1. The second kappa shape index (κ2) is 6.88. The average Bonchev–Trinajstić information content (AvgIpc) is 3.20. The molecule has 6 nitrogen and oxygen atoms in total. The molecular formula is C17H16ClN3O3. The standard InChI is InChI=1S/C17H16ClN3O3/c1-3-13-10(2)8-14(23-13)16(22)19-9-15-20-21-17(24-15)11-4-6-12(18)7-5-11/h4-8H,3,9H2,1-2H3,(H,19,22). The summed E-state index contributed by atoms with van der Waals surface area (Å²) in [5.41, 5.74) is 1.73. The SMILES string of the molecule is CCc1oc(C(=O)NCc2nnc(-c3ccc(Cl)cc3)o2)cc1C. The summed E-state index contributed by atoms with van der Waals surface area (Å²) in [5, 5.41) is 11.2. The van der Waals surface area contributed by atoms with Gasteiger partial charge in [-0.05, 0) is 42.8 Å². The van der Waals surface area contributed by atoms with Gasteiger partial charge >= 0.3 is 0 Å². The molecule has 0 saturated carbocycles. The third-order valence-electron chi connectivity index (χ3n) is 3.52. The van der Waals surface area contributed by atoms with Crippen LogP contribution in [-0.2, 0) is 13.0 Å². The molecule has 0 aliphatic carbocycles. The van der Waals surface area contributed by atoms with Gasteiger partial charge in [0.2, 0.25) is 11.8 Å². The summed E-state index contributed by atoms with van der Waals surface area (Å²) >= 11 is 5.85. The normalized spacial score (nSPS) is 10.8. The Morgan fingerprint density at radius 1 is 1.21 bits per heavy atom. The van der Waals surface area contributed by atoms with Crippen LogP contribution in [0.2, 0.25) is 5.02 Å². The fourth-order valence-electron chi connectivity index (χ4n) is 2.26. The minimum absolute atomic E-state index is 0.126. The van der Waals surface area contributed by atoms with Gasteiger partial charge in [-0.25, -0.2) is 0 Å². The molecule has 0 atom stereocenters. The Morgan fingerprint density at radius 2 is 1.96 bits per heavy atom. The van der Waals surface area contributed by atoms with Gasteiger partial charge in [0.1, 0.15) is 5.76 Å². The summed E-state index contributed by atoms with van der Waals surface area (Å²) in [6.45, 7) is 4.01. The van der Waals surface area contributed by atoms with Crippen LogP contribution in [0.25, 0.3) is 11.5 Å². The zero-order chi connectivity index (χ0) is 17.1. The fourth-order valence-corrected chi connectivity index (χ4v) is 2.39. The molecular weight excluding hydrogens is 330 g/mol. The lowest BCUT2D eigenvalue weighted by atomic mass is 10.2. The Labute approximate surface area is 143 Å². The van der Waals surface area contributed by atoms with Crippen LogP contribution < -0.4 is 5.32 Å². The highest BCUT2D eigenvalue weighted by molar-refractivity contribution is 6.30. The lowest BCUT2D eigenvalue weighted by Gasteiger charge is -1.99. The molecule has 0 aliphatic rings. The quantitative estimate of drug-likeness (QED) is 0.761. The van der Waals surface area contributed by atoms with Crippen LogP contribution >= 0.6 is 11.6 Å². The van der Waals surface area contributed by atoms with Gasteiger partial charge in [0.15, 0.2) is 5.76 Å². The van der Waals surface area contributed by atoms with Gasteiger partial charge in [-0.15, -0.1) is 10.2 Å². The molecule has 2 aromatic heterocycles. The predicted octanol–water partition coefficient (Wildman–Crippen LogP) is 3.78. The number of carbonyl (C=O) groups is 1. The molecule has 0 unspecified atom stereocenters. The van der Waals surface area contributed by atoms with E-state index >= 15 is 0 Å². The Kier molecular flexibility index (Phi) is 4.66. The lowest BCUT2D eigenvalue weighted by molar-refractivity contribution is 0.0918. The monoisotopic (exact) mass is 345 g/mol. The second-order valence-electron chi connectivity index (χ2n) is 5.26. The highest BCUT2D eigenvalue weighted by Gasteiger charge is 2.15. The molecule has 1 aromatic carbocycles. The minimum Gasteiger partial charge on any atom is -0.456 e. The summed E-state index contributed by atoms with van der Waals surface area (Å²) in [7, 11) is 0. The molecule has 3 aromatic rings. The van der Waals surface area contributed by atoms with E-state index in [1.54, 1.807) is 30.3 Å². The number of hydrogen-bond donors (Lipinski definition) is 1. The number of carbonyl (C=O) groups excluding carboxylic acids is 1. The van der Waals surface area contributed by atoms with E-state index < -0.39 is 0 Å². The van der Waals surface area contributed by atoms with Crippen molar-refractivity contribution >= 4 is 17.5 Å².